The highest BCUT2D eigenvalue weighted by Gasteiger charge is 2.25. The highest BCUT2D eigenvalue weighted by Crippen LogP contribution is 2.44. The number of benzene rings is 10. The highest BCUT2D eigenvalue weighted by molar-refractivity contribution is 6.22. The second-order valence-corrected chi connectivity index (χ2v) is 16.0. The summed E-state index contributed by atoms with van der Waals surface area (Å²) in [6, 6.07) is 75.7. The number of fused-ring (bicyclic) bond motifs is 9. The molecule has 0 radical (unpaired) electrons. The van der Waals surface area contributed by atoms with Gasteiger partial charge in [-0.15, -0.1) is 0 Å². The molecule has 62 heavy (non-hydrogen) atoms. The SMILES string of the molecule is c1ccc(-c2ccccc2-c2nc(-c3cccc4ccccc34)nc(-n3c4ccccc4c4c(-n5c6ccccc6c6cc7ccccc7cc65)c5ccccc5cc43)n2)cc1. The number of hydrogen-bond donors (Lipinski definition) is 0. The predicted octanol–water partition coefficient (Wildman–Crippen LogP) is 14.5. The van der Waals surface area contributed by atoms with Gasteiger partial charge in [-0.1, -0.05) is 182 Å². The minimum atomic E-state index is 0.557. The summed E-state index contributed by atoms with van der Waals surface area (Å²) in [6.07, 6.45) is 0. The Balaban J connectivity index is 1.18. The van der Waals surface area contributed by atoms with Crippen molar-refractivity contribution in [3.8, 4) is 45.5 Å². The Labute approximate surface area is 356 Å². The largest absolute Gasteiger partial charge is 0.308 e. The molecule has 0 atom stereocenters. The van der Waals surface area contributed by atoms with Gasteiger partial charge in [0.25, 0.3) is 0 Å². The van der Waals surface area contributed by atoms with Gasteiger partial charge in [0, 0.05) is 38.1 Å². The van der Waals surface area contributed by atoms with Crippen molar-refractivity contribution in [2.75, 3.05) is 0 Å². The molecular formula is C57H35N5. The van der Waals surface area contributed by atoms with Crippen molar-refractivity contribution in [3.05, 3.63) is 212 Å². The zero-order valence-corrected chi connectivity index (χ0v) is 33.4. The molecule has 3 aromatic heterocycles. The summed E-state index contributed by atoms with van der Waals surface area (Å²) < 4.78 is 4.75. The van der Waals surface area contributed by atoms with Crippen LogP contribution in [0, 0.1) is 0 Å². The monoisotopic (exact) mass is 789 g/mol. The Bertz CT molecular complexity index is 3930. The molecule has 0 fully saturated rings. The minimum absolute atomic E-state index is 0.557. The fourth-order valence-electron chi connectivity index (χ4n) is 9.78. The van der Waals surface area contributed by atoms with E-state index in [4.69, 9.17) is 15.0 Å². The molecule has 3 heterocycles. The molecule has 0 saturated carbocycles. The topological polar surface area (TPSA) is 48.5 Å². The van der Waals surface area contributed by atoms with Crippen molar-refractivity contribution in [2.24, 2.45) is 0 Å². The molecule has 0 amide bonds. The van der Waals surface area contributed by atoms with Gasteiger partial charge < -0.3 is 4.57 Å². The van der Waals surface area contributed by atoms with Crippen LogP contribution in [0.15, 0.2) is 212 Å². The molecule has 10 aromatic carbocycles. The number of nitrogens with zero attached hydrogens (tertiary/aromatic N) is 5. The molecule has 13 aromatic rings. The minimum Gasteiger partial charge on any atom is -0.308 e. The van der Waals surface area contributed by atoms with E-state index in [9.17, 15) is 0 Å². The predicted molar refractivity (Wildman–Crippen MR) is 257 cm³/mol. The van der Waals surface area contributed by atoms with Crippen LogP contribution in [0.5, 0.6) is 0 Å². The number of rotatable bonds is 5. The van der Waals surface area contributed by atoms with Crippen molar-refractivity contribution >= 4 is 75.9 Å². The molecule has 0 N–H and O–H groups in total. The average molecular weight is 790 g/mol. The van der Waals surface area contributed by atoms with Gasteiger partial charge in [-0.2, -0.15) is 9.97 Å². The Kier molecular flexibility index (Phi) is 7.54. The Morgan fingerprint density at radius 1 is 0.290 bits per heavy atom. The van der Waals surface area contributed by atoms with E-state index in [0.29, 0.717) is 17.6 Å². The summed E-state index contributed by atoms with van der Waals surface area (Å²) in [5.41, 5.74) is 9.54. The van der Waals surface area contributed by atoms with Crippen molar-refractivity contribution in [2.45, 2.75) is 0 Å². The number of hydrogen-bond acceptors (Lipinski definition) is 3. The first kappa shape index (κ1) is 34.5. The third-order valence-corrected chi connectivity index (χ3v) is 12.5. The molecule has 5 nitrogen and oxygen atoms in total. The van der Waals surface area contributed by atoms with Crippen LogP contribution in [-0.2, 0) is 0 Å². The van der Waals surface area contributed by atoms with Crippen LogP contribution in [0.2, 0.25) is 0 Å². The first-order chi connectivity index (χ1) is 30.8. The molecule has 0 aliphatic heterocycles. The van der Waals surface area contributed by atoms with E-state index in [0.717, 1.165) is 76.9 Å². The smallest absolute Gasteiger partial charge is 0.238 e. The molecule has 0 aliphatic rings. The van der Waals surface area contributed by atoms with E-state index < -0.39 is 0 Å². The first-order valence-electron chi connectivity index (χ1n) is 21.0. The summed E-state index contributed by atoms with van der Waals surface area (Å²) in [5.74, 6) is 1.78. The van der Waals surface area contributed by atoms with E-state index >= 15 is 0 Å². The van der Waals surface area contributed by atoms with Crippen molar-refractivity contribution in [1.29, 1.82) is 0 Å². The molecule has 13 rings (SSSR count). The third-order valence-electron chi connectivity index (χ3n) is 12.5. The Morgan fingerprint density at radius 2 is 0.823 bits per heavy atom. The maximum absolute atomic E-state index is 5.48. The van der Waals surface area contributed by atoms with Crippen LogP contribution in [-0.4, -0.2) is 24.1 Å². The van der Waals surface area contributed by atoms with Gasteiger partial charge in [-0.05, 0) is 68.4 Å². The van der Waals surface area contributed by atoms with Gasteiger partial charge in [-0.3, -0.25) is 4.57 Å². The summed E-state index contributed by atoms with van der Waals surface area (Å²) in [7, 11) is 0. The highest BCUT2D eigenvalue weighted by atomic mass is 15.2. The van der Waals surface area contributed by atoms with E-state index in [1.807, 2.05) is 6.07 Å². The maximum atomic E-state index is 5.48. The van der Waals surface area contributed by atoms with E-state index in [1.54, 1.807) is 0 Å². The normalized spacial score (nSPS) is 11.9. The fourth-order valence-corrected chi connectivity index (χ4v) is 9.78. The van der Waals surface area contributed by atoms with Gasteiger partial charge in [0.05, 0.1) is 27.8 Å². The van der Waals surface area contributed by atoms with Crippen molar-refractivity contribution < 1.29 is 0 Å². The molecule has 5 heteroatoms. The summed E-state index contributed by atoms with van der Waals surface area (Å²) in [4.78, 5) is 16.3. The van der Waals surface area contributed by atoms with Crippen LogP contribution in [0.4, 0.5) is 0 Å². The summed E-state index contributed by atoms with van der Waals surface area (Å²) >= 11 is 0. The van der Waals surface area contributed by atoms with Crippen LogP contribution >= 0.6 is 0 Å². The zero-order valence-electron chi connectivity index (χ0n) is 33.4. The molecule has 0 unspecified atom stereocenters. The zero-order chi connectivity index (χ0) is 40.7. The lowest BCUT2D eigenvalue weighted by molar-refractivity contribution is 0.954. The van der Waals surface area contributed by atoms with Gasteiger partial charge in [-0.25, -0.2) is 4.98 Å². The lowest BCUT2D eigenvalue weighted by atomic mass is 9.99. The second-order valence-electron chi connectivity index (χ2n) is 16.0. The Morgan fingerprint density at radius 3 is 1.61 bits per heavy atom. The Hall–Kier alpha value is -8.41. The molecule has 0 saturated heterocycles. The van der Waals surface area contributed by atoms with E-state index in [-0.39, 0.29) is 0 Å². The summed E-state index contributed by atoms with van der Waals surface area (Å²) in [5, 5.41) is 11.6. The molecule has 0 bridgehead atoms. The second kappa shape index (κ2) is 13.6. The first-order valence-corrected chi connectivity index (χ1v) is 21.0. The van der Waals surface area contributed by atoms with Crippen LogP contribution in [0.3, 0.4) is 0 Å². The van der Waals surface area contributed by atoms with Gasteiger partial charge in [0.2, 0.25) is 5.95 Å². The molecular weight excluding hydrogens is 755 g/mol. The molecule has 0 aliphatic carbocycles. The van der Waals surface area contributed by atoms with Crippen LogP contribution in [0.1, 0.15) is 0 Å². The van der Waals surface area contributed by atoms with E-state index in [2.05, 4.69) is 215 Å². The third kappa shape index (κ3) is 5.18. The van der Waals surface area contributed by atoms with Gasteiger partial charge in [0.1, 0.15) is 0 Å². The summed E-state index contributed by atoms with van der Waals surface area (Å²) in [6.45, 7) is 0. The number of aromatic nitrogens is 5. The molecule has 288 valence electrons. The number of para-hydroxylation sites is 2. The van der Waals surface area contributed by atoms with Gasteiger partial charge >= 0.3 is 0 Å². The average Bonchev–Trinajstić information content (AvgIpc) is 3.84. The lowest BCUT2D eigenvalue weighted by Gasteiger charge is -2.16. The van der Waals surface area contributed by atoms with Crippen molar-refractivity contribution in [3.63, 3.8) is 0 Å². The van der Waals surface area contributed by atoms with Crippen LogP contribution in [0.25, 0.3) is 121 Å². The fraction of sp³-hybridized carbons (Fsp3) is 0. The lowest BCUT2D eigenvalue weighted by Crippen LogP contribution is -2.07. The molecule has 0 spiro atoms. The standard InChI is InChI=1S/C57H35N5/c1-2-17-36(18-3-1)41-25-10-11-28-45(41)55-58-56(46-30-16-23-37-19-6-8-24-42(37)46)60-57(59-55)62-50-32-15-13-29-47(50)53-52(62)35-40-22-7-9-26-43(40)54(53)61-49-31-14-12-27-44(49)48-33-38-20-4-5-21-39(38)34-51(48)61/h1-35H. The maximum Gasteiger partial charge on any atom is 0.238 e. The van der Waals surface area contributed by atoms with Crippen molar-refractivity contribution in [1.82, 2.24) is 24.1 Å². The van der Waals surface area contributed by atoms with E-state index in [1.165, 1.54) is 26.9 Å². The van der Waals surface area contributed by atoms with Gasteiger partial charge in [0.15, 0.2) is 11.6 Å². The quantitative estimate of drug-likeness (QED) is 0.174. The van der Waals surface area contributed by atoms with Crippen LogP contribution < -0.4 is 0 Å².